The largest absolute Gasteiger partial charge is 0.344 e. The fourth-order valence-corrected chi connectivity index (χ4v) is 2.93. The van der Waals surface area contributed by atoms with Crippen molar-refractivity contribution in [2.45, 2.75) is 33.9 Å². The molecular weight excluding hydrogens is 280 g/mol. The van der Waals surface area contributed by atoms with E-state index in [4.69, 9.17) is 4.98 Å². The van der Waals surface area contributed by atoms with Gasteiger partial charge in [-0.2, -0.15) is 0 Å². The SMILES string of the molecule is CCN(Cc1ccncc1)c1nc(CNCC(C)C)cs1. The maximum Gasteiger partial charge on any atom is 0.185 e. The van der Waals surface area contributed by atoms with Crippen LogP contribution in [0.3, 0.4) is 0 Å². The lowest BCUT2D eigenvalue weighted by atomic mass is 10.2. The molecular formula is C16H24N4S. The molecule has 0 aliphatic carbocycles. The van der Waals surface area contributed by atoms with Gasteiger partial charge in [-0.25, -0.2) is 4.98 Å². The van der Waals surface area contributed by atoms with Crippen LogP contribution in [-0.2, 0) is 13.1 Å². The monoisotopic (exact) mass is 304 g/mol. The molecule has 0 saturated heterocycles. The Kier molecular flexibility index (Phi) is 6.14. The van der Waals surface area contributed by atoms with Crippen molar-refractivity contribution in [2.75, 3.05) is 18.0 Å². The molecule has 0 radical (unpaired) electrons. The lowest BCUT2D eigenvalue weighted by molar-refractivity contribution is 0.549. The quantitative estimate of drug-likeness (QED) is 0.812. The van der Waals surface area contributed by atoms with E-state index in [2.05, 4.69) is 53.5 Å². The third-order valence-corrected chi connectivity index (χ3v) is 4.12. The van der Waals surface area contributed by atoms with Gasteiger partial charge in [0.1, 0.15) is 0 Å². The van der Waals surface area contributed by atoms with Gasteiger partial charge in [0.05, 0.1) is 5.69 Å². The number of rotatable bonds is 8. The summed E-state index contributed by atoms with van der Waals surface area (Å²) in [6, 6.07) is 4.11. The molecule has 2 rings (SSSR count). The summed E-state index contributed by atoms with van der Waals surface area (Å²) in [7, 11) is 0. The van der Waals surface area contributed by atoms with E-state index in [1.807, 2.05) is 12.4 Å². The van der Waals surface area contributed by atoms with Gasteiger partial charge in [-0.1, -0.05) is 13.8 Å². The Bertz CT molecular complexity index is 524. The molecule has 0 unspecified atom stereocenters. The summed E-state index contributed by atoms with van der Waals surface area (Å²) >= 11 is 1.72. The summed E-state index contributed by atoms with van der Waals surface area (Å²) in [4.78, 5) is 11.1. The molecule has 0 saturated carbocycles. The van der Waals surface area contributed by atoms with E-state index < -0.39 is 0 Å². The van der Waals surface area contributed by atoms with Crippen molar-refractivity contribution in [3.8, 4) is 0 Å². The van der Waals surface area contributed by atoms with Gasteiger partial charge in [-0.3, -0.25) is 4.98 Å². The van der Waals surface area contributed by atoms with Crippen LogP contribution in [0, 0.1) is 5.92 Å². The van der Waals surface area contributed by atoms with E-state index in [0.29, 0.717) is 5.92 Å². The number of hydrogen-bond acceptors (Lipinski definition) is 5. The molecule has 0 aliphatic heterocycles. The molecule has 0 amide bonds. The predicted molar refractivity (Wildman–Crippen MR) is 89.6 cm³/mol. The smallest absolute Gasteiger partial charge is 0.185 e. The second kappa shape index (κ2) is 8.10. The summed E-state index contributed by atoms with van der Waals surface area (Å²) in [5.74, 6) is 0.668. The van der Waals surface area contributed by atoms with Crippen LogP contribution in [0.2, 0.25) is 0 Å². The van der Waals surface area contributed by atoms with E-state index >= 15 is 0 Å². The molecule has 0 bridgehead atoms. The van der Waals surface area contributed by atoms with E-state index in [0.717, 1.165) is 37.0 Å². The number of hydrogen-bond donors (Lipinski definition) is 1. The first-order chi connectivity index (χ1) is 10.2. The topological polar surface area (TPSA) is 41.1 Å². The van der Waals surface area contributed by atoms with Crippen LogP contribution in [0.5, 0.6) is 0 Å². The minimum Gasteiger partial charge on any atom is -0.344 e. The minimum atomic E-state index is 0.668. The molecule has 1 N–H and O–H groups in total. The van der Waals surface area contributed by atoms with Gasteiger partial charge < -0.3 is 10.2 Å². The summed E-state index contributed by atoms with van der Waals surface area (Å²) in [6.07, 6.45) is 3.68. The molecule has 5 heteroatoms. The average Bonchev–Trinajstić information content (AvgIpc) is 2.94. The van der Waals surface area contributed by atoms with Crippen LogP contribution >= 0.6 is 11.3 Å². The third-order valence-electron chi connectivity index (χ3n) is 3.17. The normalized spacial score (nSPS) is 11.0. The van der Waals surface area contributed by atoms with E-state index in [1.165, 1.54) is 5.56 Å². The predicted octanol–water partition coefficient (Wildman–Crippen LogP) is 3.31. The summed E-state index contributed by atoms with van der Waals surface area (Å²) < 4.78 is 0. The minimum absolute atomic E-state index is 0.668. The zero-order valence-corrected chi connectivity index (χ0v) is 13.9. The lowest BCUT2D eigenvalue weighted by Crippen LogP contribution is -2.22. The number of thiazole rings is 1. The molecule has 0 fully saturated rings. The maximum absolute atomic E-state index is 4.74. The molecule has 0 spiro atoms. The van der Waals surface area contributed by atoms with Gasteiger partial charge >= 0.3 is 0 Å². The first-order valence-electron chi connectivity index (χ1n) is 7.48. The fourth-order valence-electron chi connectivity index (χ4n) is 2.03. The Balaban J connectivity index is 1.94. The van der Waals surface area contributed by atoms with Gasteiger partial charge in [0, 0.05) is 37.4 Å². The Labute approximate surface area is 131 Å². The molecule has 4 nitrogen and oxygen atoms in total. The Morgan fingerprint density at radius 1 is 1.29 bits per heavy atom. The summed E-state index contributed by atoms with van der Waals surface area (Å²) in [5.41, 5.74) is 2.39. The lowest BCUT2D eigenvalue weighted by Gasteiger charge is -2.19. The summed E-state index contributed by atoms with van der Waals surface area (Å²) in [6.45, 7) is 10.3. The molecule has 2 aromatic rings. The fraction of sp³-hybridized carbons (Fsp3) is 0.500. The highest BCUT2D eigenvalue weighted by Gasteiger charge is 2.10. The molecule has 0 atom stereocenters. The molecule has 2 aromatic heterocycles. The van der Waals surface area contributed by atoms with Crippen molar-refractivity contribution in [2.24, 2.45) is 5.92 Å². The number of nitrogens with one attached hydrogen (secondary N) is 1. The molecule has 114 valence electrons. The van der Waals surface area contributed by atoms with Crippen molar-refractivity contribution in [3.05, 3.63) is 41.2 Å². The van der Waals surface area contributed by atoms with Gasteiger partial charge in [-0.15, -0.1) is 11.3 Å². The van der Waals surface area contributed by atoms with Crippen molar-refractivity contribution in [1.29, 1.82) is 0 Å². The second-order valence-corrected chi connectivity index (χ2v) is 6.35. The standard InChI is InChI=1S/C16H24N4S/c1-4-20(11-14-5-7-17-8-6-14)16-19-15(12-21-16)10-18-9-13(2)3/h5-8,12-13,18H,4,9-11H2,1-3H3. The van der Waals surface area contributed by atoms with E-state index in [9.17, 15) is 0 Å². The van der Waals surface area contributed by atoms with E-state index in [1.54, 1.807) is 11.3 Å². The first kappa shape index (κ1) is 15.9. The van der Waals surface area contributed by atoms with Gasteiger partial charge in [0.15, 0.2) is 5.13 Å². The van der Waals surface area contributed by atoms with Crippen molar-refractivity contribution in [1.82, 2.24) is 15.3 Å². The average molecular weight is 304 g/mol. The second-order valence-electron chi connectivity index (χ2n) is 5.52. The van der Waals surface area contributed by atoms with Crippen LogP contribution in [0.15, 0.2) is 29.9 Å². The number of anilines is 1. The van der Waals surface area contributed by atoms with Crippen molar-refractivity contribution >= 4 is 16.5 Å². The van der Waals surface area contributed by atoms with Crippen LogP contribution < -0.4 is 10.2 Å². The van der Waals surface area contributed by atoms with Gasteiger partial charge in [-0.05, 0) is 37.1 Å². The maximum atomic E-state index is 4.74. The zero-order valence-electron chi connectivity index (χ0n) is 13.0. The molecule has 0 aromatic carbocycles. The van der Waals surface area contributed by atoms with Gasteiger partial charge in [0.2, 0.25) is 0 Å². The van der Waals surface area contributed by atoms with Crippen molar-refractivity contribution < 1.29 is 0 Å². The van der Waals surface area contributed by atoms with E-state index in [-0.39, 0.29) is 0 Å². The highest BCUT2D eigenvalue weighted by Crippen LogP contribution is 2.22. The van der Waals surface area contributed by atoms with Crippen LogP contribution in [0.25, 0.3) is 0 Å². The molecule has 2 heterocycles. The highest BCUT2D eigenvalue weighted by atomic mass is 32.1. The number of aromatic nitrogens is 2. The Hall–Kier alpha value is -1.46. The van der Waals surface area contributed by atoms with Crippen molar-refractivity contribution in [3.63, 3.8) is 0 Å². The summed E-state index contributed by atoms with van der Waals surface area (Å²) in [5, 5.41) is 6.68. The van der Waals surface area contributed by atoms with Crippen LogP contribution in [-0.4, -0.2) is 23.1 Å². The van der Waals surface area contributed by atoms with Gasteiger partial charge in [0.25, 0.3) is 0 Å². The van der Waals surface area contributed by atoms with Crippen LogP contribution in [0.4, 0.5) is 5.13 Å². The Morgan fingerprint density at radius 3 is 2.71 bits per heavy atom. The third kappa shape index (κ3) is 5.10. The number of pyridine rings is 1. The zero-order chi connectivity index (χ0) is 15.1. The molecule has 21 heavy (non-hydrogen) atoms. The molecule has 0 aliphatic rings. The Morgan fingerprint density at radius 2 is 2.05 bits per heavy atom. The van der Waals surface area contributed by atoms with Crippen LogP contribution in [0.1, 0.15) is 32.0 Å². The highest BCUT2D eigenvalue weighted by molar-refractivity contribution is 7.13. The number of nitrogens with zero attached hydrogens (tertiary/aromatic N) is 3. The first-order valence-corrected chi connectivity index (χ1v) is 8.36.